The van der Waals surface area contributed by atoms with Crippen molar-refractivity contribution in [1.29, 1.82) is 0 Å². The van der Waals surface area contributed by atoms with Crippen LogP contribution in [0.3, 0.4) is 0 Å². The highest BCUT2D eigenvalue weighted by atomic mass is 35.5. The highest BCUT2D eigenvalue weighted by molar-refractivity contribution is 7.10. The van der Waals surface area contributed by atoms with Gasteiger partial charge in [-0.15, -0.1) is 11.3 Å². The second-order valence-corrected chi connectivity index (χ2v) is 6.47. The van der Waals surface area contributed by atoms with E-state index < -0.39 is 0 Å². The average molecular weight is 329 g/mol. The molecule has 2 heterocycles. The topological polar surface area (TPSA) is 24.9 Å². The molecule has 0 spiro atoms. The van der Waals surface area contributed by atoms with Crippen LogP contribution < -0.4 is 5.32 Å². The van der Waals surface area contributed by atoms with Gasteiger partial charge in [0.15, 0.2) is 0 Å². The van der Waals surface area contributed by atoms with Gasteiger partial charge in [-0.05, 0) is 48.9 Å². The van der Waals surface area contributed by atoms with Crippen LogP contribution in [0.5, 0.6) is 0 Å². The molecule has 0 bridgehead atoms. The van der Waals surface area contributed by atoms with E-state index in [0.29, 0.717) is 5.02 Å². The molecule has 20 heavy (non-hydrogen) atoms. The molecule has 0 saturated heterocycles. The van der Waals surface area contributed by atoms with Crippen molar-refractivity contribution in [3.05, 3.63) is 49.9 Å². The van der Waals surface area contributed by atoms with E-state index in [9.17, 15) is 0 Å². The molecule has 2 aromatic heterocycles. The largest absolute Gasteiger partial charge is 0.309 e. The van der Waals surface area contributed by atoms with Crippen LogP contribution in [0, 0.1) is 6.92 Å². The van der Waals surface area contributed by atoms with Gasteiger partial charge in [0.05, 0.1) is 10.0 Å². The molecule has 2 nitrogen and oxygen atoms in total. The van der Waals surface area contributed by atoms with Crippen LogP contribution in [0.4, 0.5) is 0 Å². The summed E-state index contributed by atoms with van der Waals surface area (Å²) in [6.45, 7) is 5.16. The first kappa shape index (κ1) is 15.8. The highest BCUT2D eigenvalue weighted by Gasteiger charge is 2.19. The van der Waals surface area contributed by atoms with Crippen LogP contribution in [-0.2, 0) is 6.42 Å². The molecule has 0 aliphatic rings. The summed E-state index contributed by atoms with van der Waals surface area (Å²) in [4.78, 5) is 5.22. The summed E-state index contributed by atoms with van der Waals surface area (Å²) in [5, 5.41) is 7.24. The molecule has 0 saturated carbocycles. The Morgan fingerprint density at radius 1 is 1.40 bits per heavy atom. The Kier molecular flexibility index (Phi) is 5.85. The van der Waals surface area contributed by atoms with Gasteiger partial charge in [0.25, 0.3) is 0 Å². The van der Waals surface area contributed by atoms with E-state index in [0.717, 1.165) is 35.5 Å². The molecule has 0 radical (unpaired) electrons. The van der Waals surface area contributed by atoms with Crippen LogP contribution in [0.25, 0.3) is 0 Å². The van der Waals surface area contributed by atoms with Crippen molar-refractivity contribution in [2.45, 2.75) is 32.7 Å². The van der Waals surface area contributed by atoms with Gasteiger partial charge in [0, 0.05) is 23.3 Å². The minimum absolute atomic E-state index is 0.195. The average Bonchev–Trinajstić information content (AvgIpc) is 2.77. The van der Waals surface area contributed by atoms with E-state index in [2.05, 4.69) is 22.6 Å². The quantitative estimate of drug-likeness (QED) is 0.803. The van der Waals surface area contributed by atoms with Crippen LogP contribution >= 0.6 is 34.5 Å². The van der Waals surface area contributed by atoms with Gasteiger partial charge in [0.1, 0.15) is 0 Å². The Hall–Kier alpha value is -0.610. The van der Waals surface area contributed by atoms with Crippen molar-refractivity contribution in [2.24, 2.45) is 0 Å². The van der Waals surface area contributed by atoms with Crippen molar-refractivity contribution in [2.75, 3.05) is 6.54 Å². The van der Waals surface area contributed by atoms with E-state index in [1.807, 2.05) is 13.0 Å². The number of nitrogens with zero attached hydrogens (tertiary/aromatic N) is 1. The summed E-state index contributed by atoms with van der Waals surface area (Å²) < 4.78 is 0. The number of thiophene rings is 1. The Balaban J connectivity index is 2.24. The third kappa shape index (κ3) is 3.73. The first-order chi connectivity index (χ1) is 9.63. The summed E-state index contributed by atoms with van der Waals surface area (Å²) in [5.41, 5.74) is 2.23. The van der Waals surface area contributed by atoms with Crippen molar-refractivity contribution in [3.63, 3.8) is 0 Å². The van der Waals surface area contributed by atoms with E-state index >= 15 is 0 Å². The van der Waals surface area contributed by atoms with Gasteiger partial charge in [-0.3, -0.25) is 4.98 Å². The molecule has 2 rings (SSSR count). The Morgan fingerprint density at radius 3 is 2.80 bits per heavy atom. The number of halogens is 2. The van der Waals surface area contributed by atoms with Crippen molar-refractivity contribution >= 4 is 34.5 Å². The molecule has 0 aromatic carbocycles. The van der Waals surface area contributed by atoms with Crippen LogP contribution in [0.1, 0.15) is 35.4 Å². The minimum atomic E-state index is 0.195. The number of aryl methyl sites for hydroxylation is 1. The number of aromatic nitrogens is 1. The predicted octanol–water partition coefficient (Wildman–Crippen LogP) is 5.04. The monoisotopic (exact) mass is 328 g/mol. The van der Waals surface area contributed by atoms with Crippen molar-refractivity contribution in [3.8, 4) is 0 Å². The lowest BCUT2D eigenvalue weighted by atomic mass is 10.0. The SMILES string of the molecule is CCCNC(Cc1ccncc1Cl)c1scc(C)c1Cl. The van der Waals surface area contributed by atoms with E-state index in [1.165, 1.54) is 4.88 Å². The molecule has 108 valence electrons. The molecule has 1 unspecified atom stereocenters. The highest BCUT2D eigenvalue weighted by Crippen LogP contribution is 2.34. The molecule has 1 atom stereocenters. The molecule has 0 fully saturated rings. The summed E-state index contributed by atoms with van der Waals surface area (Å²) in [6, 6.07) is 2.16. The van der Waals surface area contributed by atoms with Crippen molar-refractivity contribution < 1.29 is 0 Å². The lowest BCUT2D eigenvalue weighted by molar-refractivity contribution is 0.536. The molecule has 5 heteroatoms. The van der Waals surface area contributed by atoms with E-state index in [1.54, 1.807) is 23.7 Å². The summed E-state index contributed by atoms with van der Waals surface area (Å²) in [7, 11) is 0. The van der Waals surface area contributed by atoms with Crippen LogP contribution in [-0.4, -0.2) is 11.5 Å². The Bertz CT molecular complexity index is 569. The van der Waals surface area contributed by atoms with E-state index in [4.69, 9.17) is 23.2 Å². The third-order valence-corrected chi connectivity index (χ3v) is 5.33. The number of hydrogen-bond acceptors (Lipinski definition) is 3. The van der Waals surface area contributed by atoms with Gasteiger partial charge >= 0.3 is 0 Å². The Morgan fingerprint density at radius 2 is 2.20 bits per heavy atom. The third-order valence-electron chi connectivity index (χ3n) is 3.16. The molecule has 0 amide bonds. The molecular formula is C15H18Cl2N2S. The fourth-order valence-corrected chi connectivity index (χ4v) is 3.65. The second kappa shape index (κ2) is 7.41. The maximum absolute atomic E-state index is 6.41. The molecule has 0 aliphatic heterocycles. The van der Waals surface area contributed by atoms with E-state index in [-0.39, 0.29) is 6.04 Å². The first-order valence-corrected chi connectivity index (χ1v) is 8.32. The van der Waals surface area contributed by atoms with Gasteiger partial charge in [0.2, 0.25) is 0 Å². The van der Waals surface area contributed by atoms with Gasteiger partial charge in [-0.25, -0.2) is 0 Å². The second-order valence-electron chi connectivity index (χ2n) is 4.77. The zero-order chi connectivity index (χ0) is 14.5. The van der Waals surface area contributed by atoms with Crippen LogP contribution in [0.2, 0.25) is 10.0 Å². The van der Waals surface area contributed by atoms with Gasteiger partial charge in [-0.2, -0.15) is 0 Å². The summed E-state index contributed by atoms with van der Waals surface area (Å²) in [6.07, 6.45) is 5.37. The smallest absolute Gasteiger partial charge is 0.0622 e. The molecule has 0 aliphatic carbocycles. The minimum Gasteiger partial charge on any atom is -0.309 e. The fraction of sp³-hybridized carbons (Fsp3) is 0.400. The zero-order valence-electron chi connectivity index (χ0n) is 11.6. The maximum Gasteiger partial charge on any atom is 0.0622 e. The maximum atomic E-state index is 6.41. The number of nitrogens with one attached hydrogen (secondary N) is 1. The van der Waals surface area contributed by atoms with Crippen LogP contribution in [0.15, 0.2) is 23.8 Å². The Labute approximate surface area is 134 Å². The molecule has 1 N–H and O–H groups in total. The lowest BCUT2D eigenvalue weighted by Crippen LogP contribution is -2.23. The number of pyridine rings is 1. The molecular weight excluding hydrogens is 311 g/mol. The normalized spacial score (nSPS) is 12.6. The standard InChI is InChI=1S/C15H18Cl2N2S/c1-3-5-19-13(15-14(17)10(2)9-20-15)7-11-4-6-18-8-12(11)16/h4,6,8-9,13,19H,3,5,7H2,1-2H3. The summed E-state index contributed by atoms with van der Waals surface area (Å²) in [5.74, 6) is 0. The fourth-order valence-electron chi connectivity index (χ4n) is 2.05. The first-order valence-electron chi connectivity index (χ1n) is 6.68. The molecule has 2 aromatic rings. The van der Waals surface area contributed by atoms with Crippen molar-refractivity contribution in [1.82, 2.24) is 10.3 Å². The summed E-state index contributed by atoms with van der Waals surface area (Å²) >= 11 is 14.3. The van der Waals surface area contributed by atoms with Gasteiger partial charge < -0.3 is 5.32 Å². The lowest BCUT2D eigenvalue weighted by Gasteiger charge is -2.18. The number of hydrogen-bond donors (Lipinski definition) is 1. The zero-order valence-corrected chi connectivity index (χ0v) is 13.9. The number of rotatable bonds is 6. The van der Waals surface area contributed by atoms with Gasteiger partial charge in [-0.1, -0.05) is 30.1 Å². The predicted molar refractivity (Wildman–Crippen MR) is 88.1 cm³/mol.